The normalized spacial score (nSPS) is 54.0. The van der Waals surface area contributed by atoms with Crippen molar-refractivity contribution in [2.45, 2.75) is 25.8 Å². The Balaban J connectivity index is 0.000000405. The molecule has 2 aliphatic carbocycles. The first-order valence-corrected chi connectivity index (χ1v) is 3.54. The number of hydrogen-bond donors (Lipinski definition) is 1. The predicted octanol–water partition coefficient (Wildman–Crippen LogP) is 1.41. The molecule has 2 aliphatic rings. The number of halogens is 1. The van der Waals surface area contributed by atoms with E-state index in [-0.39, 0.29) is 12.4 Å². The van der Waals surface area contributed by atoms with E-state index >= 15 is 0 Å². The monoisotopic (exact) mass is 147 g/mol. The third kappa shape index (κ3) is 1.22. The van der Waals surface area contributed by atoms with E-state index in [2.05, 4.69) is 6.92 Å². The molecule has 2 fully saturated rings. The summed E-state index contributed by atoms with van der Waals surface area (Å²) in [5.74, 6) is 2.98. The van der Waals surface area contributed by atoms with Crippen LogP contribution in [0.4, 0.5) is 0 Å². The van der Waals surface area contributed by atoms with Crippen LogP contribution in [0.15, 0.2) is 0 Å². The second-order valence-electron chi connectivity index (χ2n) is 3.44. The van der Waals surface area contributed by atoms with Gasteiger partial charge in [0.25, 0.3) is 0 Å². The fourth-order valence-corrected chi connectivity index (χ4v) is 1.68. The molecule has 4 atom stereocenters. The van der Waals surface area contributed by atoms with Crippen molar-refractivity contribution in [2.75, 3.05) is 0 Å². The maximum Gasteiger partial charge on any atom is 0.00738 e. The largest absolute Gasteiger partial charge is 0.327 e. The summed E-state index contributed by atoms with van der Waals surface area (Å²) in [6.45, 7) is 2.33. The maximum absolute atomic E-state index is 5.67. The molecule has 0 radical (unpaired) electrons. The first-order valence-electron chi connectivity index (χ1n) is 3.54. The van der Waals surface area contributed by atoms with Crippen LogP contribution in [0.2, 0.25) is 0 Å². The van der Waals surface area contributed by atoms with Gasteiger partial charge in [0.2, 0.25) is 0 Å². The molecular formula is C7H14ClN. The molecule has 0 aromatic rings. The Morgan fingerprint density at radius 2 is 1.67 bits per heavy atom. The molecule has 0 amide bonds. The van der Waals surface area contributed by atoms with E-state index in [0.717, 1.165) is 17.8 Å². The lowest BCUT2D eigenvalue weighted by molar-refractivity contribution is 0.636. The summed E-state index contributed by atoms with van der Waals surface area (Å²) < 4.78 is 0. The SMILES string of the molecule is CC1CC1C1CC1N.Cl. The molecule has 0 spiro atoms. The predicted molar refractivity (Wildman–Crippen MR) is 40.6 cm³/mol. The quantitative estimate of drug-likeness (QED) is 0.597. The molecule has 0 aliphatic heterocycles. The highest BCUT2D eigenvalue weighted by atomic mass is 35.5. The second kappa shape index (κ2) is 2.14. The Labute approximate surface area is 62.4 Å². The molecule has 54 valence electrons. The molecule has 2 rings (SSSR count). The smallest absolute Gasteiger partial charge is 0.00738 e. The lowest BCUT2D eigenvalue weighted by atomic mass is 10.2. The maximum atomic E-state index is 5.67. The Kier molecular flexibility index (Phi) is 1.75. The van der Waals surface area contributed by atoms with E-state index in [4.69, 9.17) is 5.73 Å². The molecule has 1 nitrogen and oxygen atoms in total. The fourth-order valence-electron chi connectivity index (χ4n) is 1.68. The lowest BCUT2D eigenvalue weighted by Crippen LogP contribution is -2.02. The highest BCUT2D eigenvalue weighted by Crippen LogP contribution is 2.53. The minimum Gasteiger partial charge on any atom is -0.327 e. The summed E-state index contributed by atoms with van der Waals surface area (Å²) in [5, 5.41) is 0. The second-order valence-corrected chi connectivity index (χ2v) is 3.44. The van der Waals surface area contributed by atoms with Crippen LogP contribution >= 0.6 is 12.4 Å². The topological polar surface area (TPSA) is 26.0 Å². The molecule has 9 heavy (non-hydrogen) atoms. The highest BCUT2D eigenvalue weighted by Gasteiger charge is 2.49. The van der Waals surface area contributed by atoms with Gasteiger partial charge in [-0.05, 0) is 30.6 Å². The first-order chi connectivity index (χ1) is 3.79. The van der Waals surface area contributed by atoms with E-state index in [0.29, 0.717) is 6.04 Å². The van der Waals surface area contributed by atoms with Crippen molar-refractivity contribution in [2.24, 2.45) is 23.5 Å². The fraction of sp³-hybridized carbons (Fsp3) is 1.00. The zero-order valence-electron chi connectivity index (χ0n) is 5.71. The summed E-state index contributed by atoms with van der Waals surface area (Å²) in [6, 6.07) is 0.588. The molecule has 2 saturated carbocycles. The molecule has 2 heteroatoms. The van der Waals surface area contributed by atoms with Gasteiger partial charge in [-0.2, -0.15) is 0 Å². The van der Waals surface area contributed by atoms with E-state index in [9.17, 15) is 0 Å². The number of rotatable bonds is 1. The van der Waals surface area contributed by atoms with Crippen LogP contribution in [-0.4, -0.2) is 6.04 Å². The molecule has 0 saturated heterocycles. The molecule has 4 unspecified atom stereocenters. The third-order valence-electron chi connectivity index (χ3n) is 2.61. The van der Waals surface area contributed by atoms with Gasteiger partial charge in [-0.3, -0.25) is 0 Å². The van der Waals surface area contributed by atoms with E-state index in [1.54, 1.807) is 0 Å². The Hall–Kier alpha value is 0.250. The minimum atomic E-state index is 0. The Morgan fingerprint density at radius 1 is 1.22 bits per heavy atom. The molecule has 0 aromatic heterocycles. The van der Waals surface area contributed by atoms with Crippen molar-refractivity contribution < 1.29 is 0 Å². The van der Waals surface area contributed by atoms with Gasteiger partial charge in [0, 0.05) is 6.04 Å². The first kappa shape index (κ1) is 7.36. The van der Waals surface area contributed by atoms with E-state index in [1.807, 2.05) is 0 Å². The summed E-state index contributed by atoms with van der Waals surface area (Å²) >= 11 is 0. The average Bonchev–Trinajstić information content (AvgIpc) is 2.47. The van der Waals surface area contributed by atoms with Gasteiger partial charge in [0.15, 0.2) is 0 Å². The summed E-state index contributed by atoms with van der Waals surface area (Å²) in [5.41, 5.74) is 5.67. The van der Waals surface area contributed by atoms with Crippen LogP contribution in [0, 0.1) is 17.8 Å². The lowest BCUT2D eigenvalue weighted by Gasteiger charge is -1.87. The van der Waals surface area contributed by atoms with Crippen LogP contribution in [0.1, 0.15) is 19.8 Å². The van der Waals surface area contributed by atoms with Crippen molar-refractivity contribution in [3.05, 3.63) is 0 Å². The van der Waals surface area contributed by atoms with Crippen molar-refractivity contribution in [1.82, 2.24) is 0 Å². The molecule has 2 N–H and O–H groups in total. The van der Waals surface area contributed by atoms with E-state index in [1.165, 1.54) is 12.8 Å². The van der Waals surface area contributed by atoms with Crippen LogP contribution < -0.4 is 5.73 Å². The summed E-state index contributed by atoms with van der Waals surface area (Å²) in [4.78, 5) is 0. The summed E-state index contributed by atoms with van der Waals surface area (Å²) in [6.07, 6.45) is 2.77. The molecule has 0 heterocycles. The molecule has 0 aromatic carbocycles. The Morgan fingerprint density at radius 3 is 1.78 bits per heavy atom. The van der Waals surface area contributed by atoms with E-state index < -0.39 is 0 Å². The standard InChI is InChI=1S/C7H13N.ClH/c1-4-2-5(4)6-3-7(6)8;/h4-7H,2-3,8H2,1H3;1H. The zero-order valence-corrected chi connectivity index (χ0v) is 6.53. The van der Waals surface area contributed by atoms with Gasteiger partial charge in [0.1, 0.15) is 0 Å². The molecule has 0 bridgehead atoms. The van der Waals surface area contributed by atoms with Gasteiger partial charge in [-0.1, -0.05) is 6.92 Å². The third-order valence-corrected chi connectivity index (χ3v) is 2.61. The van der Waals surface area contributed by atoms with Gasteiger partial charge < -0.3 is 5.73 Å². The van der Waals surface area contributed by atoms with Crippen LogP contribution in [0.5, 0.6) is 0 Å². The van der Waals surface area contributed by atoms with Gasteiger partial charge in [0.05, 0.1) is 0 Å². The van der Waals surface area contributed by atoms with Gasteiger partial charge in [-0.25, -0.2) is 0 Å². The molecular weight excluding hydrogens is 134 g/mol. The van der Waals surface area contributed by atoms with Crippen molar-refractivity contribution in [3.63, 3.8) is 0 Å². The van der Waals surface area contributed by atoms with Crippen LogP contribution in [0.25, 0.3) is 0 Å². The Bertz CT molecular complexity index is 101. The van der Waals surface area contributed by atoms with Gasteiger partial charge >= 0.3 is 0 Å². The number of hydrogen-bond acceptors (Lipinski definition) is 1. The van der Waals surface area contributed by atoms with Crippen molar-refractivity contribution >= 4 is 12.4 Å². The number of nitrogens with two attached hydrogens (primary N) is 1. The minimum absolute atomic E-state index is 0. The van der Waals surface area contributed by atoms with Gasteiger partial charge in [-0.15, -0.1) is 12.4 Å². The van der Waals surface area contributed by atoms with Crippen molar-refractivity contribution in [1.29, 1.82) is 0 Å². The zero-order chi connectivity index (χ0) is 5.72. The van der Waals surface area contributed by atoms with Crippen LogP contribution in [-0.2, 0) is 0 Å². The van der Waals surface area contributed by atoms with Crippen molar-refractivity contribution in [3.8, 4) is 0 Å². The van der Waals surface area contributed by atoms with Crippen LogP contribution in [0.3, 0.4) is 0 Å². The summed E-state index contributed by atoms with van der Waals surface area (Å²) in [7, 11) is 0. The highest BCUT2D eigenvalue weighted by molar-refractivity contribution is 5.85. The average molecular weight is 148 g/mol.